The first-order valence-corrected chi connectivity index (χ1v) is 12.7. The van der Waals surface area contributed by atoms with Crippen LogP contribution in [0, 0.1) is 5.82 Å². The van der Waals surface area contributed by atoms with Gasteiger partial charge >= 0.3 is 0 Å². The molecule has 0 aliphatic heterocycles. The summed E-state index contributed by atoms with van der Waals surface area (Å²) >= 11 is 0.928. The van der Waals surface area contributed by atoms with E-state index in [4.69, 9.17) is 0 Å². The molecule has 0 unspecified atom stereocenters. The van der Waals surface area contributed by atoms with Crippen LogP contribution in [0.1, 0.15) is 80.4 Å². The fraction of sp³-hybridized carbons (Fsp3) is 0.545. The zero-order valence-corrected chi connectivity index (χ0v) is 19.4. The minimum absolute atomic E-state index is 0.0762. The van der Waals surface area contributed by atoms with Gasteiger partial charge < -0.3 is 5.11 Å². The van der Waals surface area contributed by atoms with E-state index in [9.17, 15) is 22.7 Å². The summed E-state index contributed by atoms with van der Waals surface area (Å²) in [6.07, 6.45) is 3.31. The van der Waals surface area contributed by atoms with Crippen molar-refractivity contribution in [3.05, 3.63) is 45.7 Å². The van der Waals surface area contributed by atoms with E-state index in [1.165, 1.54) is 12.3 Å². The smallest absolute Gasteiger partial charge is 0.212 e. The van der Waals surface area contributed by atoms with Crippen LogP contribution in [0.4, 0.5) is 4.39 Å². The highest BCUT2D eigenvalue weighted by molar-refractivity contribution is 7.94. The maximum Gasteiger partial charge on any atom is 0.212 e. The molecule has 1 fully saturated rings. The van der Waals surface area contributed by atoms with Crippen molar-refractivity contribution in [2.24, 2.45) is 0 Å². The molecular formula is C22H28FNO4S2. The van der Waals surface area contributed by atoms with Crippen molar-refractivity contribution in [1.82, 2.24) is 4.98 Å². The summed E-state index contributed by atoms with van der Waals surface area (Å²) in [5, 5.41) is 10.4. The van der Waals surface area contributed by atoms with Crippen LogP contribution in [0.15, 0.2) is 22.7 Å². The van der Waals surface area contributed by atoms with Crippen LogP contribution in [-0.2, 0) is 26.7 Å². The number of sulfone groups is 1. The first-order chi connectivity index (χ1) is 13.9. The van der Waals surface area contributed by atoms with E-state index in [2.05, 4.69) is 4.98 Å². The number of aromatic nitrogens is 1. The predicted molar refractivity (Wildman–Crippen MR) is 115 cm³/mol. The zero-order valence-electron chi connectivity index (χ0n) is 17.7. The average Bonchev–Trinajstić information content (AvgIpc) is 3.10. The Morgan fingerprint density at radius 3 is 2.43 bits per heavy atom. The summed E-state index contributed by atoms with van der Waals surface area (Å²) in [4.78, 5) is 17.2. The number of thiazole rings is 1. The Morgan fingerprint density at radius 1 is 1.23 bits per heavy atom. The van der Waals surface area contributed by atoms with Gasteiger partial charge in [-0.25, -0.2) is 17.8 Å². The Labute approximate surface area is 181 Å². The minimum atomic E-state index is -3.93. The molecule has 0 spiro atoms. The zero-order chi connectivity index (χ0) is 22.3. The second kappa shape index (κ2) is 8.48. The number of hydrogen-bond acceptors (Lipinski definition) is 6. The maximum absolute atomic E-state index is 14.5. The number of benzene rings is 1. The molecule has 1 aromatic carbocycles. The van der Waals surface area contributed by atoms with Gasteiger partial charge in [0.2, 0.25) is 14.2 Å². The van der Waals surface area contributed by atoms with Crippen molar-refractivity contribution in [2.75, 3.05) is 5.75 Å². The monoisotopic (exact) mass is 453 g/mol. The number of carbonyl (C=O) groups is 1. The van der Waals surface area contributed by atoms with E-state index in [-0.39, 0.29) is 28.4 Å². The highest BCUT2D eigenvalue weighted by atomic mass is 32.2. The molecule has 1 aliphatic carbocycles. The van der Waals surface area contributed by atoms with Gasteiger partial charge in [-0.05, 0) is 53.9 Å². The number of halogens is 1. The number of rotatable bonds is 8. The highest BCUT2D eigenvalue weighted by Crippen LogP contribution is 2.43. The number of aliphatic hydroxyl groups is 1. The molecule has 0 radical (unpaired) electrons. The lowest BCUT2D eigenvalue weighted by Gasteiger charge is -2.35. The molecule has 3 rings (SSSR count). The van der Waals surface area contributed by atoms with Gasteiger partial charge in [0.05, 0.1) is 4.88 Å². The standard InChI is InChI=1S/C22H28FNO4S2/c1-13(2)16-6-7-18(23)20(14(3)4)17(16)10-15(25)12-30(27,28)21-24-11-19(29-21)22(26)8-5-9-22/h6-7,11,13-14,26H,5,8-10,12H2,1-4H3. The fourth-order valence-corrected chi connectivity index (χ4v) is 6.52. The van der Waals surface area contributed by atoms with Crippen LogP contribution < -0.4 is 0 Å². The Bertz CT molecular complexity index is 1050. The number of nitrogens with zero attached hydrogens (tertiary/aromatic N) is 1. The van der Waals surface area contributed by atoms with Gasteiger partial charge in [0.1, 0.15) is 17.2 Å². The molecule has 0 bridgehead atoms. The van der Waals surface area contributed by atoms with Crippen LogP contribution >= 0.6 is 11.3 Å². The number of ketones is 1. The van der Waals surface area contributed by atoms with Crippen molar-refractivity contribution in [2.45, 2.75) is 75.2 Å². The maximum atomic E-state index is 14.5. The molecule has 1 N–H and O–H groups in total. The lowest BCUT2D eigenvalue weighted by Crippen LogP contribution is -2.32. The van der Waals surface area contributed by atoms with E-state index in [1.807, 2.05) is 27.7 Å². The van der Waals surface area contributed by atoms with Crippen molar-refractivity contribution < 1.29 is 22.7 Å². The Balaban J connectivity index is 1.84. The lowest BCUT2D eigenvalue weighted by molar-refractivity contribution is -0.116. The summed E-state index contributed by atoms with van der Waals surface area (Å²) in [5.41, 5.74) is 0.920. The van der Waals surface area contributed by atoms with Crippen molar-refractivity contribution in [1.29, 1.82) is 0 Å². The van der Waals surface area contributed by atoms with E-state index in [1.54, 1.807) is 6.07 Å². The normalized spacial score (nSPS) is 16.1. The van der Waals surface area contributed by atoms with Crippen molar-refractivity contribution in [3.63, 3.8) is 0 Å². The molecule has 0 atom stereocenters. The van der Waals surface area contributed by atoms with Gasteiger partial charge in [0.25, 0.3) is 0 Å². The fourth-order valence-electron chi connectivity index (χ4n) is 3.91. The molecule has 8 heteroatoms. The third-order valence-electron chi connectivity index (χ3n) is 5.65. The second-order valence-corrected chi connectivity index (χ2v) is 11.9. The molecule has 1 heterocycles. The molecule has 164 valence electrons. The van der Waals surface area contributed by atoms with Crippen LogP contribution in [0.3, 0.4) is 0 Å². The quantitative estimate of drug-likeness (QED) is 0.637. The molecule has 5 nitrogen and oxygen atoms in total. The molecule has 1 aliphatic rings. The van der Waals surface area contributed by atoms with Gasteiger partial charge in [-0.15, -0.1) is 11.3 Å². The van der Waals surface area contributed by atoms with Crippen molar-refractivity contribution >= 4 is 27.0 Å². The van der Waals surface area contributed by atoms with E-state index < -0.39 is 27.0 Å². The van der Waals surface area contributed by atoms with E-state index in [0.717, 1.165) is 23.3 Å². The minimum Gasteiger partial charge on any atom is -0.384 e. The highest BCUT2D eigenvalue weighted by Gasteiger charge is 2.39. The molecule has 1 aromatic heterocycles. The molecule has 30 heavy (non-hydrogen) atoms. The van der Waals surface area contributed by atoms with Gasteiger partial charge in [-0.2, -0.15) is 0 Å². The number of hydrogen-bond donors (Lipinski definition) is 1. The SMILES string of the molecule is CC(C)c1ccc(F)c(C(C)C)c1CC(=O)CS(=O)(=O)c1ncc(C2(O)CCC2)s1. The molecular weight excluding hydrogens is 425 g/mol. The van der Waals surface area contributed by atoms with Crippen LogP contribution in [0.5, 0.6) is 0 Å². The van der Waals surface area contributed by atoms with Crippen LogP contribution in [-0.4, -0.2) is 30.0 Å². The summed E-state index contributed by atoms with van der Waals surface area (Å²) in [6, 6.07) is 3.09. The Kier molecular flexibility index (Phi) is 6.51. The summed E-state index contributed by atoms with van der Waals surface area (Å²) in [7, 11) is -3.93. The van der Waals surface area contributed by atoms with Gasteiger partial charge in [-0.1, -0.05) is 33.8 Å². The topological polar surface area (TPSA) is 84.3 Å². The number of carbonyl (C=O) groups excluding carboxylic acids is 1. The Morgan fingerprint density at radius 2 is 1.90 bits per heavy atom. The van der Waals surface area contributed by atoms with E-state index >= 15 is 0 Å². The first-order valence-electron chi connectivity index (χ1n) is 10.2. The summed E-state index contributed by atoms with van der Waals surface area (Å²) in [5.74, 6) is -1.62. The third-order valence-corrected chi connectivity index (χ3v) is 8.99. The first kappa shape index (κ1) is 23.0. The van der Waals surface area contributed by atoms with Gasteiger partial charge in [-0.3, -0.25) is 4.79 Å². The summed E-state index contributed by atoms with van der Waals surface area (Å²) in [6.45, 7) is 7.64. The van der Waals surface area contributed by atoms with Gasteiger partial charge in [0, 0.05) is 12.6 Å². The molecule has 2 aromatic rings. The third kappa shape index (κ3) is 4.50. The Hall–Kier alpha value is -1.64. The molecule has 0 amide bonds. The lowest BCUT2D eigenvalue weighted by atomic mass is 9.79. The average molecular weight is 454 g/mol. The largest absolute Gasteiger partial charge is 0.384 e. The number of Topliss-reactive ketones (excluding diaryl/α,β-unsaturated/α-hetero) is 1. The summed E-state index contributed by atoms with van der Waals surface area (Å²) < 4.78 is 39.8. The predicted octanol–water partition coefficient (Wildman–Crippen LogP) is 4.49. The van der Waals surface area contributed by atoms with E-state index in [0.29, 0.717) is 28.8 Å². The molecule has 1 saturated carbocycles. The van der Waals surface area contributed by atoms with Crippen LogP contribution in [0.2, 0.25) is 0 Å². The van der Waals surface area contributed by atoms with Crippen molar-refractivity contribution in [3.8, 4) is 0 Å². The van der Waals surface area contributed by atoms with Crippen LogP contribution in [0.25, 0.3) is 0 Å². The van der Waals surface area contributed by atoms with Gasteiger partial charge in [0.15, 0.2) is 5.78 Å². The molecule has 0 saturated heterocycles. The second-order valence-electron chi connectivity index (χ2n) is 8.69.